The van der Waals surface area contributed by atoms with E-state index in [0.29, 0.717) is 23.9 Å². The van der Waals surface area contributed by atoms with Gasteiger partial charge in [-0.3, -0.25) is 9.78 Å². The fraction of sp³-hybridized carbons (Fsp3) is 0.214. The Morgan fingerprint density at radius 3 is 2.91 bits per heavy atom. The highest BCUT2D eigenvalue weighted by Crippen LogP contribution is 2.33. The normalized spacial score (nSPS) is 10.6. The average molecular weight is 315 g/mol. The largest absolute Gasteiger partial charge is 0.420 e. The first-order valence-electron chi connectivity index (χ1n) is 6.68. The highest BCUT2D eigenvalue weighted by molar-refractivity contribution is 7.15. The topological polar surface area (TPSA) is 93.8 Å². The third-order valence-electron chi connectivity index (χ3n) is 2.94. The van der Waals surface area contributed by atoms with E-state index in [4.69, 9.17) is 4.42 Å². The van der Waals surface area contributed by atoms with Gasteiger partial charge >= 0.3 is 0 Å². The van der Waals surface area contributed by atoms with Gasteiger partial charge in [-0.25, -0.2) is 4.98 Å². The molecule has 0 aliphatic rings. The van der Waals surface area contributed by atoms with Crippen molar-refractivity contribution in [1.82, 2.24) is 20.2 Å². The summed E-state index contributed by atoms with van der Waals surface area (Å²) in [6.07, 6.45) is 5.11. The number of carbonyl (C=O) groups is 1. The highest BCUT2D eigenvalue weighted by Gasteiger charge is 2.15. The van der Waals surface area contributed by atoms with Crippen molar-refractivity contribution in [2.75, 3.05) is 5.32 Å². The minimum Gasteiger partial charge on any atom is -0.420 e. The van der Waals surface area contributed by atoms with Crippen molar-refractivity contribution in [3.8, 4) is 10.8 Å². The number of nitrogens with one attached hydrogen (secondary N) is 1. The molecule has 8 heteroatoms. The van der Waals surface area contributed by atoms with Gasteiger partial charge in [-0.2, -0.15) is 0 Å². The van der Waals surface area contributed by atoms with Crippen molar-refractivity contribution in [3.63, 3.8) is 0 Å². The number of aromatic nitrogens is 4. The highest BCUT2D eigenvalue weighted by atomic mass is 32.1. The fourth-order valence-electron chi connectivity index (χ4n) is 1.81. The van der Waals surface area contributed by atoms with Crippen LogP contribution in [-0.4, -0.2) is 26.1 Å². The lowest BCUT2D eigenvalue weighted by Crippen LogP contribution is -2.13. The molecule has 1 amide bonds. The standard InChI is InChI=1S/C14H13N5O2S/c1-3-12-18-19-14(21-12)11-6-9(8(2)22-11)17-13(20)10-7-15-4-5-16-10/h4-7H,3H2,1-2H3,(H,17,20). The maximum absolute atomic E-state index is 12.1. The van der Waals surface area contributed by atoms with Crippen LogP contribution in [0.1, 0.15) is 28.2 Å². The van der Waals surface area contributed by atoms with Crippen molar-refractivity contribution in [1.29, 1.82) is 0 Å². The summed E-state index contributed by atoms with van der Waals surface area (Å²) in [4.78, 5) is 21.7. The number of hydrogen-bond donors (Lipinski definition) is 1. The summed E-state index contributed by atoms with van der Waals surface area (Å²) in [5.74, 6) is 0.747. The molecule has 0 saturated heterocycles. The Morgan fingerprint density at radius 2 is 2.23 bits per heavy atom. The zero-order valence-electron chi connectivity index (χ0n) is 12.0. The van der Waals surface area contributed by atoms with E-state index < -0.39 is 0 Å². The lowest BCUT2D eigenvalue weighted by atomic mass is 10.3. The number of nitrogens with zero attached hydrogens (tertiary/aromatic N) is 4. The molecular weight excluding hydrogens is 302 g/mol. The Balaban J connectivity index is 1.82. The predicted molar refractivity (Wildman–Crippen MR) is 81.7 cm³/mol. The van der Waals surface area contributed by atoms with Gasteiger partial charge in [0, 0.05) is 23.7 Å². The molecule has 0 atom stereocenters. The Labute approximate surface area is 130 Å². The molecule has 0 radical (unpaired) electrons. The molecule has 22 heavy (non-hydrogen) atoms. The summed E-state index contributed by atoms with van der Waals surface area (Å²) in [5.41, 5.74) is 0.965. The van der Waals surface area contributed by atoms with E-state index in [1.807, 2.05) is 19.9 Å². The summed E-state index contributed by atoms with van der Waals surface area (Å²) >= 11 is 1.48. The zero-order chi connectivity index (χ0) is 15.5. The third-order valence-corrected chi connectivity index (χ3v) is 3.98. The molecular formula is C14H13N5O2S. The van der Waals surface area contributed by atoms with Gasteiger partial charge in [0.05, 0.1) is 16.8 Å². The predicted octanol–water partition coefficient (Wildman–Crippen LogP) is 2.71. The van der Waals surface area contributed by atoms with Crippen LogP contribution in [0.3, 0.4) is 0 Å². The lowest BCUT2D eigenvalue weighted by molar-refractivity contribution is 0.102. The Morgan fingerprint density at radius 1 is 1.36 bits per heavy atom. The molecule has 112 valence electrons. The molecule has 7 nitrogen and oxygen atoms in total. The first kappa shape index (κ1) is 14.3. The van der Waals surface area contributed by atoms with E-state index in [9.17, 15) is 4.79 Å². The van der Waals surface area contributed by atoms with Gasteiger partial charge < -0.3 is 9.73 Å². The molecule has 0 unspecified atom stereocenters. The number of thiophene rings is 1. The van der Waals surface area contributed by atoms with Crippen LogP contribution in [0, 0.1) is 6.92 Å². The van der Waals surface area contributed by atoms with Gasteiger partial charge in [-0.05, 0) is 13.0 Å². The Kier molecular flexibility index (Phi) is 3.92. The number of hydrogen-bond acceptors (Lipinski definition) is 7. The van der Waals surface area contributed by atoms with Gasteiger partial charge in [0.15, 0.2) is 0 Å². The van der Waals surface area contributed by atoms with Crippen LogP contribution < -0.4 is 5.32 Å². The number of amides is 1. The second-order valence-corrected chi connectivity index (χ2v) is 5.74. The molecule has 0 aliphatic heterocycles. The molecule has 3 aromatic heterocycles. The molecule has 3 aromatic rings. The molecule has 3 heterocycles. The number of anilines is 1. The lowest BCUT2D eigenvalue weighted by Gasteiger charge is -2.02. The van der Waals surface area contributed by atoms with Crippen LogP contribution in [0.5, 0.6) is 0 Å². The van der Waals surface area contributed by atoms with E-state index in [1.165, 1.54) is 29.9 Å². The van der Waals surface area contributed by atoms with Gasteiger partial charge in [0.25, 0.3) is 11.8 Å². The van der Waals surface area contributed by atoms with Gasteiger partial charge in [0.1, 0.15) is 5.69 Å². The van der Waals surface area contributed by atoms with Crippen LogP contribution in [0.15, 0.2) is 29.1 Å². The molecule has 0 spiro atoms. The van der Waals surface area contributed by atoms with Gasteiger partial charge in [-0.1, -0.05) is 6.92 Å². The minimum absolute atomic E-state index is 0.265. The molecule has 1 N–H and O–H groups in total. The van der Waals surface area contributed by atoms with Crippen LogP contribution in [0.4, 0.5) is 5.69 Å². The van der Waals surface area contributed by atoms with Crippen molar-refractivity contribution < 1.29 is 9.21 Å². The quantitative estimate of drug-likeness (QED) is 0.795. The molecule has 0 aliphatic carbocycles. The maximum atomic E-state index is 12.1. The number of carbonyl (C=O) groups excluding carboxylic acids is 1. The summed E-state index contributed by atoms with van der Waals surface area (Å²) in [7, 11) is 0. The zero-order valence-corrected chi connectivity index (χ0v) is 12.8. The fourth-order valence-corrected chi connectivity index (χ4v) is 2.71. The number of aryl methyl sites for hydroxylation is 2. The van der Waals surface area contributed by atoms with E-state index >= 15 is 0 Å². The summed E-state index contributed by atoms with van der Waals surface area (Å²) < 4.78 is 5.53. The van der Waals surface area contributed by atoms with E-state index in [2.05, 4.69) is 25.5 Å². The third kappa shape index (κ3) is 2.86. The SMILES string of the molecule is CCc1nnc(-c2cc(NC(=O)c3cnccn3)c(C)s2)o1. The molecule has 0 fully saturated rings. The number of rotatable bonds is 4. The monoisotopic (exact) mass is 315 g/mol. The van der Waals surface area contributed by atoms with Crippen LogP contribution in [0.2, 0.25) is 0 Å². The Bertz CT molecular complexity index is 797. The van der Waals surface area contributed by atoms with Crippen molar-refractivity contribution in [3.05, 3.63) is 41.1 Å². The minimum atomic E-state index is -0.305. The molecule has 0 saturated carbocycles. The molecule has 0 bridgehead atoms. The van der Waals surface area contributed by atoms with Crippen molar-refractivity contribution >= 4 is 22.9 Å². The van der Waals surface area contributed by atoms with Gasteiger partial charge in [0.2, 0.25) is 5.89 Å². The van der Waals surface area contributed by atoms with E-state index in [1.54, 1.807) is 0 Å². The van der Waals surface area contributed by atoms with Crippen LogP contribution in [0.25, 0.3) is 10.8 Å². The van der Waals surface area contributed by atoms with Gasteiger partial charge in [-0.15, -0.1) is 21.5 Å². The average Bonchev–Trinajstić information content (AvgIpc) is 3.15. The first-order chi connectivity index (χ1) is 10.7. The molecule has 0 aromatic carbocycles. The Hall–Kier alpha value is -2.61. The summed E-state index contributed by atoms with van der Waals surface area (Å²) in [6.45, 7) is 3.86. The summed E-state index contributed by atoms with van der Waals surface area (Å²) in [5, 5.41) is 10.8. The maximum Gasteiger partial charge on any atom is 0.275 e. The second kappa shape index (κ2) is 6.02. The van der Waals surface area contributed by atoms with E-state index in [0.717, 1.165) is 9.75 Å². The first-order valence-corrected chi connectivity index (χ1v) is 7.49. The second-order valence-electron chi connectivity index (χ2n) is 4.48. The van der Waals surface area contributed by atoms with E-state index in [-0.39, 0.29) is 11.6 Å². The van der Waals surface area contributed by atoms with Crippen molar-refractivity contribution in [2.45, 2.75) is 20.3 Å². The van der Waals surface area contributed by atoms with Crippen LogP contribution in [-0.2, 0) is 6.42 Å². The summed E-state index contributed by atoms with van der Waals surface area (Å²) in [6, 6.07) is 1.82. The smallest absolute Gasteiger partial charge is 0.275 e. The van der Waals surface area contributed by atoms with Crippen molar-refractivity contribution in [2.24, 2.45) is 0 Å². The molecule has 3 rings (SSSR count). The van der Waals surface area contributed by atoms with Crippen LogP contribution >= 0.6 is 11.3 Å².